The third-order valence-corrected chi connectivity index (χ3v) is 8.48. The fourth-order valence-electron chi connectivity index (χ4n) is 7.04. The molecule has 0 bridgehead atoms. The summed E-state index contributed by atoms with van der Waals surface area (Å²) >= 11 is 0. The molecule has 0 heterocycles. The lowest BCUT2D eigenvalue weighted by Gasteiger charge is -2.60. The lowest BCUT2D eigenvalue weighted by atomic mass is 9.45. The summed E-state index contributed by atoms with van der Waals surface area (Å²) in [6, 6.07) is 0. The van der Waals surface area contributed by atoms with Crippen molar-refractivity contribution in [1.29, 1.82) is 0 Å². The quantitative estimate of drug-likeness (QED) is 0.687. The van der Waals surface area contributed by atoms with E-state index in [1.807, 2.05) is 6.08 Å². The molecule has 0 saturated heterocycles. The summed E-state index contributed by atoms with van der Waals surface area (Å²) < 4.78 is 0. The normalized spacial score (nSPS) is 53.9. The first-order valence-corrected chi connectivity index (χ1v) is 9.50. The topological polar surface area (TPSA) is 77.8 Å². The molecule has 0 aromatic heterocycles. The number of hydrogen-bond acceptors (Lipinski definition) is 4. The molecular formula is C20H30O4. The van der Waals surface area contributed by atoms with Gasteiger partial charge in [0.1, 0.15) is 0 Å². The van der Waals surface area contributed by atoms with Crippen LogP contribution in [0.2, 0.25) is 0 Å². The Bertz CT molecular complexity index is 598. The van der Waals surface area contributed by atoms with Crippen LogP contribution in [0.3, 0.4) is 0 Å². The van der Waals surface area contributed by atoms with Crippen molar-refractivity contribution >= 4 is 5.78 Å². The van der Waals surface area contributed by atoms with Gasteiger partial charge in [-0.2, -0.15) is 0 Å². The number of allylic oxidation sites excluding steroid dienone is 1. The Kier molecular flexibility index (Phi) is 3.59. The molecule has 0 aromatic carbocycles. The molecule has 3 fully saturated rings. The van der Waals surface area contributed by atoms with Gasteiger partial charge in [-0.25, -0.2) is 0 Å². The predicted octanol–water partition coefficient (Wildman–Crippen LogP) is 2.21. The van der Waals surface area contributed by atoms with Crippen LogP contribution in [0.1, 0.15) is 58.8 Å². The standard InChI is InChI=1S/C20H30O4/c1-18-7-5-13(22)9-12(18)3-4-14-15-6-8-20(24,11-21)19(15,2)10-16(23)17(14)18/h9,14-17,21,23-24H,3-8,10-11H2,1-2H3/t14?,15?,16-,17?,18?,19?,20-/m0/s1. The van der Waals surface area contributed by atoms with Crippen molar-refractivity contribution in [3.05, 3.63) is 11.6 Å². The first-order valence-electron chi connectivity index (χ1n) is 9.50. The highest BCUT2D eigenvalue weighted by molar-refractivity contribution is 5.91. The summed E-state index contributed by atoms with van der Waals surface area (Å²) in [7, 11) is 0. The fourth-order valence-corrected chi connectivity index (χ4v) is 7.04. The largest absolute Gasteiger partial charge is 0.393 e. The van der Waals surface area contributed by atoms with E-state index in [0.29, 0.717) is 31.1 Å². The van der Waals surface area contributed by atoms with Gasteiger partial charge in [0.2, 0.25) is 0 Å². The van der Waals surface area contributed by atoms with Crippen molar-refractivity contribution in [3.8, 4) is 0 Å². The highest BCUT2D eigenvalue weighted by Crippen LogP contribution is 2.67. The van der Waals surface area contributed by atoms with Crippen LogP contribution in [0.4, 0.5) is 0 Å². The third kappa shape index (κ3) is 1.94. The van der Waals surface area contributed by atoms with Crippen LogP contribution in [0, 0.1) is 28.6 Å². The zero-order valence-corrected chi connectivity index (χ0v) is 14.8. The van der Waals surface area contributed by atoms with Gasteiger partial charge in [-0.15, -0.1) is 0 Å². The Labute approximate surface area is 144 Å². The van der Waals surface area contributed by atoms with Crippen molar-refractivity contribution in [2.45, 2.75) is 70.5 Å². The van der Waals surface area contributed by atoms with E-state index >= 15 is 0 Å². The molecule has 0 aromatic rings. The van der Waals surface area contributed by atoms with Crippen LogP contribution in [-0.2, 0) is 4.79 Å². The molecule has 4 aliphatic rings. The molecule has 24 heavy (non-hydrogen) atoms. The maximum atomic E-state index is 11.9. The van der Waals surface area contributed by atoms with Crippen LogP contribution >= 0.6 is 0 Å². The highest BCUT2D eigenvalue weighted by atomic mass is 16.3. The number of ketones is 1. The Morgan fingerprint density at radius 3 is 2.67 bits per heavy atom. The Balaban J connectivity index is 1.74. The second-order valence-electron chi connectivity index (χ2n) is 9.31. The molecule has 4 heteroatoms. The SMILES string of the molecule is CC12CCC(=O)C=C1CCC1C2[C@@H](O)CC2(C)C1CC[C@]2(O)CO. The summed E-state index contributed by atoms with van der Waals surface area (Å²) in [5.41, 5.74) is -0.330. The Morgan fingerprint density at radius 2 is 1.96 bits per heavy atom. The monoisotopic (exact) mass is 334 g/mol. The van der Waals surface area contributed by atoms with Crippen LogP contribution in [-0.4, -0.2) is 39.4 Å². The van der Waals surface area contributed by atoms with Crippen molar-refractivity contribution < 1.29 is 20.1 Å². The van der Waals surface area contributed by atoms with Crippen LogP contribution in [0.25, 0.3) is 0 Å². The number of fused-ring (bicyclic) bond motifs is 5. The van der Waals surface area contributed by atoms with Crippen molar-refractivity contribution in [3.63, 3.8) is 0 Å². The van der Waals surface area contributed by atoms with Crippen molar-refractivity contribution in [2.24, 2.45) is 28.6 Å². The lowest BCUT2D eigenvalue weighted by molar-refractivity contribution is -0.181. The molecule has 4 aliphatic carbocycles. The van der Waals surface area contributed by atoms with Gasteiger partial charge in [0, 0.05) is 11.8 Å². The van der Waals surface area contributed by atoms with Crippen molar-refractivity contribution in [1.82, 2.24) is 0 Å². The van der Waals surface area contributed by atoms with E-state index in [-0.39, 0.29) is 23.7 Å². The fraction of sp³-hybridized carbons (Fsp3) is 0.850. The third-order valence-electron chi connectivity index (χ3n) is 8.48. The Morgan fingerprint density at radius 1 is 1.21 bits per heavy atom. The summed E-state index contributed by atoms with van der Waals surface area (Å²) in [6.45, 7) is 4.08. The van der Waals surface area contributed by atoms with E-state index < -0.39 is 17.1 Å². The minimum absolute atomic E-state index is 0.0858. The molecule has 7 atom stereocenters. The number of carbonyl (C=O) groups excluding carboxylic acids is 1. The molecule has 0 radical (unpaired) electrons. The van der Waals surface area contributed by atoms with Gasteiger partial charge in [0.15, 0.2) is 5.78 Å². The van der Waals surface area contributed by atoms with E-state index in [0.717, 1.165) is 25.7 Å². The zero-order valence-electron chi connectivity index (χ0n) is 14.8. The molecule has 0 spiro atoms. The lowest BCUT2D eigenvalue weighted by Crippen LogP contribution is -2.60. The molecular weight excluding hydrogens is 304 g/mol. The average molecular weight is 334 g/mol. The van der Waals surface area contributed by atoms with E-state index in [9.17, 15) is 20.1 Å². The van der Waals surface area contributed by atoms with Gasteiger partial charge < -0.3 is 15.3 Å². The van der Waals surface area contributed by atoms with Crippen LogP contribution < -0.4 is 0 Å². The molecule has 0 aliphatic heterocycles. The van der Waals surface area contributed by atoms with Crippen molar-refractivity contribution in [2.75, 3.05) is 6.61 Å². The highest BCUT2D eigenvalue weighted by Gasteiger charge is 2.66. The maximum Gasteiger partial charge on any atom is 0.155 e. The molecule has 3 saturated carbocycles. The smallest absolute Gasteiger partial charge is 0.155 e. The molecule has 5 unspecified atom stereocenters. The number of carbonyl (C=O) groups is 1. The van der Waals surface area contributed by atoms with Gasteiger partial charge >= 0.3 is 0 Å². The van der Waals surface area contributed by atoms with Gasteiger partial charge in [-0.1, -0.05) is 19.4 Å². The summed E-state index contributed by atoms with van der Waals surface area (Å²) in [5, 5.41) is 31.9. The summed E-state index contributed by atoms with van der Waals surface area (Å²) in [4.78, 5) is 11.9. The summed E-state index contributed by atoms with van der Waals surface area (Å²) in [6.07, 6.45) is 6.80. The molecule has 0 amide bonds. The van der Waals surface area contributed by atoms with Gasteiger partial charge in [-0.3, -0.25) is 4.79 Å². The van der Waals surface area contributed by atoms with E-state index in [1.54, 1.807) is 0 Å². The van der Waals surface area contributed by atoms with Crippen LogP contribution in [0.5, 0.6) is 0 Å². The van der Waals surface area contributed by atoms with Crippen LogP contribution in [0.15, 0.2) is 11.6 Å². The second kappa shape index (κ2) is 5.15. The van der Waals surface area contributed by atoms with E-state index in [4.69, 9.17) is 0 Å². The maximum absolute atomic E-state index is 11.9. The van der Waals surface area contributed by atoms with Gasteiger partial charge in [0.25, 0.3) is 0 Å². The molecule has 134 valence electrons. The summed E-state index contributed by atoms with van der Waals surface area (Å²) in [5.74, 6) is 1.12. The van der Waals surface area contributed by atoms with E-state index in [2.05, 4.69) is 13.8 Å². The second-order valence-corrected chi connectivity index (χ2v) is 9.31. The Hall–Kier alpha value is -0.710. The molecule has 4 nitrogen and oxygen atoms in total. The zero-order chi connectivity index (χ0) is 17.3. The minimum atomic E-state index is -1.07. The number of hydrogen-bond donors (Lipinski definition) is 3. The molecule has 4 rings (SSSR count). The van der Waals surface area contributed by atoms with E-state index in [1.165, 1.54) is 5.57 Å². The molecule has 3 N–H and O–H groups in total. The number of aliphatic hydroxyl groups is 3. The minimum Gasteiger partial charge on any atom is -0.393 e. The number of aliphatic hydroxyl groups excluding tert-OH is 2. The number of rotatable bonds is 1. The first kappa shape index (κ1) is 16.7. The first-order chi connectivity index (χ1) is 11.2. The average Bonchev–Trinajstić information content (AvgIpc) is 2.79. The predicted molar refractivity (Wildman–Crippen MR) is 90.1 cm³/mol. The van der Waals surface area contributed by atoms with Gasteiger partial charge in [-0.05, 0) is 67.8 Å². The van der Waals surface area contributed by atoms with Gasteiger partial charge in [0.05, 0.1) is 18.3 Å².